The average Bonchev–Trinajstić information content (AvgIpc) is 1.58. The van der Waals surface area contributed by atoms with Gasteiger partial charge >= 0.3 is 0 Å². The number of hydrogen-bond acceptors (Lipinski definition) is 0. The van der Waals surface area contributed by atoms with Crippen LogP contribution in [0.5, 0.6) is 0 Å². The molecule has 0 rings (SSSR count). The van der Waals surface area contributed by atoms with Crippen molar-refractivity contribution in [3.63, 3.8) is 0 Å². The lowest BCUT2D eigenvalue weighted by Gasteiger charge is -2.08. The second-order valence-corrected chi connectivity index (χ2v) is 10.3. The van der Waals surface area contributed by atoms with E-state index in [1.54, 1.807) is 0 Å². The van der Waals surface area contributed by atoms with Crippen molar-refractivity contribution in [2.45, 2.75) is 38.3 Å². The van der Waals surface area contributed by atoms with E-state index < -0.39 is 0 Å². The molecule has 0 spiro atoms. The van der Waals surface area contributed by atoms with E-state index in [9.17, 15) is 0 Å². The Bertz CT molecular complexity index is 93.8. The highest BCUT2D eigenvalue weighted by Crippen LogP contribution is 2.11. The molecule has 0 amide bonds. The molecular weight excluding hydrogens is 152 g/mol. The Morgan fingerprint density at radius 3 is 1.50 bits per heavy atom. The molecule has 0 atom stereocenters. The van der Waals surface area contributed by atoms with E-state index in [0.29, 0.717) is 0 Å². The van der Waals surface area contributed by atoms with E-state index in [2.05, 4.69) is 32.8 Å². The molecule has 0 bridgehead atoms. The van der Waals surface area contributed by atoms with Crippen LogP contribution in [0.2, 0.25) is 38.3 Å². The average molecular weight is 172 g/mol. The van der Waals surface area contributed by atoms with E-state index in [-0.39, 0.29) is 17.6 Å². The van der Waals surface area contributed by atoms with Gasteiger partial charge in [-0.15, -0.1) is 6.58 Å². The molecule has 0 saturated heterocycles. The minimum Gasteiger partial charge on any atom is -0.100 e. The van der Waals surface area contributed by atoms with E-state index in [1.807, 2.05) is 0 Å². The third-order valence-electron chi connectivity index (χ3n) is 1.39. The van der Waals surface area contributed by atoms with Crippen molar-refractivity contribution in [2.24, 2.45) is 0 Å². The molecule has 60 valence electrons. The summed E-state index contributed by atoms with van der Waals surface area (Å²) in [6.07, 6.45) is 0. The summed E-state index contributed by atoms with van der Waals surface area (Å²) in [5, 5.41) is 0. The predicted molar refractivity (Wildman–Crippen MR) is 56.5 cm³/mol. The topological polar surface area (TPSA) is 0 Å². The first-order valence-electron chi connectivity index (χ1n) is 4.19. The van der Waals surface area contributed by atoms with Crippen LogP contribution in [0.15, 0.2) is 12.2 Å². The zero-order valence-corrected chi connectivity index (χ0v) is 10.1. The number of hydrogen-bond donors (Lipinski definition) is 0. The first-order valence-corrected chi connectivity index (χ1v) is 10.4. The van der Waals surface area contributed by atoms with Crippen LogP contribution in [0.4, 0.5) is 0 Å². The Morgan fingerprint density at radius 2 is 1.30 bits per heavy atom. The van der Waals surface area contributed by atoms with Gasteiger partial charge in [0.15, 0.2) is 0 Å². The summed E-state index contributed by atoms with van der Waals surface area (Å²) in [4.78, 5) is 0. The van der Waals surface area contributed by atoms with Gasteiger partial charge in [-0.1, -0.05) is 31.8 Å². The Kier molecular flexibility index (Phi) is 4.99. The Labute approximate surface area is 68.6 Å². The van der Waals surface area contributed by atoms with Crippen molar-refractivity contribution in [3.05, 3.63) is 12.2 Å². The normalized spacial score (nSPS) is 11.0. The van der Waals surface area contributed by atoms with Crippen LogP contribution in [0.25, 0.3) is 0 Å². The maximum atomic E-state index is 4.10. The minimum atomic E-state index is -0.365. The van der Waals surface area contributed by atoms with Crippen molar-refractivity contribution >= 4 is 17.6 Å². The summed E-state index contributed by atoms with van der Waals surface area (Å²) in [5.74, 6) is 0. The standard InChI is InChI=1S/C8H20Si2/c1-8(6-9(2)3)7-10(4)5/h9-10H,1,6-7H2,2-5H3. The molecule has 0 heterocycles. The van der Waals surface area contributed by atoms with Crippen molar-refractivity contribution in [3.8, 4) is 0 Å². The molecule has 2 heteroatoms. The lowest BCUT2D eigenvalue weighted by Crippen LogP contribution is -2.05. The molecule has 0 aliphatic heterocycles. The smallest absolute Gasteiger partial charge is 0.0347 e. The van der Waals surface area contributed by atoms with Gasteiger partial charge in [-0.25, -0.2) is 0 Å². The fourth-order valence-corrected chi connectivity index (χ4v) is 4.21. The highest BCUT2D eigenvalue weighted by Gasteiger charge is 2.02. The second-order valence-electron chi connectivity index (χ2n) is 3.95. The van der Waals surface area contributed by atoms with E-state index in [4.69, 9.17) is 0 Å². The predicted octanol–water partition coefficient (Wildman–Crippen LogP) is 2.52. The van der Waals surface area contributed by atoms with Gasteiger partial charge in [0.05, 0.1) is 0 Å². The van der Waals surface area contributed by atoms with Gasteiger partial charge in [0.2, 0.25) is 0 Å². The third-order valence-corrected chi connectivity index (χ3v) is 4.18. The van der Waals surface area contributed by atoms with Crippen LogP contribution in [-0.2, 0) is 0 Å². The van der Waals surface area contributed by atoms with Crippen molar-refractivity contribution in [1.29, 1.82) is 0 Å². The Balaban J connectivity index is 3.44. The van der Waals surface area contributed by atoms with Gasteiger partial charge < -0.3 is 0 Å². The van der Waals surface area contributed by atoms with Gasteiger partial charge in [-0.2, -0.15) is 0 Å². The maximum absolute atomic E-state index is 4.10. The molecular formula is C8H20Si2. The summed E-state index contributed by atoms with van der Waals surface area (Å²) < 4.78 is 0. The lowest BCUT2D eigenvalue weighted by molar-refractivity contribution is 1.33. The van der Waals surface area contributed by atoms with E-state index in [0.717, 1.165) is 0 Å². The Morgan fingerprint density at radius 1 is 1.00 bits per heavy atom. The molecule has 0 aromatic heterocycles. The zero-order chi connectivity index (χ0) is 8.15. The largest absolute Gasteiger partial charge is 0.100 e. The third kappa shape index (κ3) is 6.30. The molecule has 0 aliphatic carbocycles. The van der Waals surface area contributed by atoms with Crippen LogP contribution >= 0.6 is 0 Å². The molecule has 0 aromatic carbocycles. The summed E-state index contributed by atoms with van der Waals surface area (Å²) >= 11 is 0. The highest BCUT2D eigenvalue weighted by molar-refractivity contribution is 6.58. The van der Waals surface area contributed by atoms with Crippen molar-refractivity contribution < 1.29 is 0 Å². The summed E-state index contributed by atoms with van der Waals surface area (Å²) in [7, 11) is -0.729. The molecule has 0 fully saturated rings. The first-order chi connectivity index (χ1) is 4.52. The van der Waals surface area contributed by atoms with Gasteiger partial charge in [-0.3, -0.25) is 0 Å². The highest BCUT2D eigenvalue weighted by atomic mass is 28.3. The fourth-order valence-electron chi connectivity index (χ4n) is 1.24. The monoisotopic (exact) mass is 172 g/mol. The molecule has 0 radical (unpaired) electrons. The van der Waals surface area contributed by atoms with Crippen molar-refractivity contribution in [2.75, 3.05) is 0 Å². The maximum Gasteiger partial charge on any atom is 0.0347 e. The zero-order valence-electron chi connectivity index (χ0n) is 7.78. The molecule has 10 heavy (non-hydrogen) atoms. The van der Waals surface area contributed by atoms with Gasteiger partial charge in [0.1, 0.15) is 0 Å². The molecule has 0 N–H and O–H groups in total. The van der Waals surface area contributed by atoms with Crippen LogP contribution in [-0.4, -0.2) is 17.6 Å². The number of allylic oxidation sites excluding steroid dienone is 1. The van der Waals surface area contributed by atoms with Gasteiger partial charge in [0.25, 0.3) is 0 Å². The van der Waals surface area contributed by atoms with Gasteiger partial charge in [0, 0.05) is 17.6 Å². The molecule has 0 aliphatic rings. The van der Waals surface area contributed by atoms with Crippen LogP contribution < -0.4 is 0 Å². The second kappa shape index (κ2) is 4.91. The summed E-state index contributed by atoms with van der Waals surface area (Å²) in [6, 6.07) is 2.73. The Hall–Kier alpha value is 0.174. The molecule has 0 saturated carbocycles. The van der Waals surface area contributed by atoms with Crippen LogP contribution in [0.3, 0.4) is 0 Å². The first kappa shape index (κ1) is 10.2. The van der Waals surface area contributed by atoms with E-state index >= 15 is 0 Å². The number of rotatable bonds is 4. The van der Waals surface area contributed by atoms with Crippen molar-refractivity contribution in [1.82, 2.24) is 0 Å². The molecule has 0 aromatic rings. The fraction of sp³-hybridized carbons (Fsp3) is 0.750. The summed E-state index contributed by atoms with van der Waals surface area (Å²) in [5.41, 5.74) is 1.53. The van der Waals surface area contributed by atoms with Gasteiger partial charge in [-0.05, 0) is 12.1 Å². The lowest BCUT2D eigenvalue weighted by atomic mass is 10.4. The SMILES string of the molecule is C=C(C[SiH](C)C)C[SiH](C)C. The van der Waals surface area contributed by atoms with Crippen LogP contribution in [0, 0.1) is 0 Å². The summed E-state index contributed by atoms with van der Waals surface area (Å²) in [6.45, 7) is 13.7. The van der Waals surface area contributed by atoms with Crippen LogP contribution in [0.1, 0.15) is 0 Å². The van der Waals surface area contributed by atoms with E-state index in [1.165, 1.54) is 17.7 Å². The molecule has 0 nitrogen and oxygen atoms in total. The minimum absolute atomic E-state index is 0.365. The molecule has 0 unspecified atom stereocenters. The quantitative estimate of drug-likeness (QED) is 0.451.